The number of halogens is 2. The Balaban J connectivity index is 1.99. The summed E-state index contributed by atoms with van der Waals surface area (Å²) >= 11 is 11.8. The molecule has 0 bridgehead atoms. The Bertz CT molecular complexity index is 841. The van der Waals surface area contributed by atoms with Gasteiger partial charge in [-0.3, -0.25) is 4.79 Å². The van der Waals surface area contributed by atoms with Crippen molar-refractivity contribution in [3.8, 4) is 11.5 Å². The van der Waals surface area contributed by atoms with Crippen molar-refractivity contribution in [2.24, 2.45) is 0 Å². The number of amides is 1. The molecule has 1 atom stereocenters. The number of methoxy groups -OCH3 is 2. The molecule has 0 saturated carbocycles. The molecule has 0 fully saturated rings. The van der Waals surface area contributed by atoms with Crippen LogP contribution in [0.4, 0.5) is 0 Å². The van der Waals surface area contributed by atoms with Crippen molar-refractivity contribution >= 4 is 35.1 Å². The molecule has 6 nitrogen and oxygen atoms in total. The zero-order chi connectivity index (χ0) is 20.0. The maximum Gasteiger partial charge on any atom is 0.340 e. The Kier molecular flexibility index (Phi) is 7.33. The molecule has 0 aliphatic carbocycles. The van der Waals surface area contributed by atoms with E-state index in [1.807, 2.05) is 0 Å². The first-order chi connectivity index (χ1) is 12.9. The molecule has 8 heteroatoms. The van der Waals surface area contributed by atoms with Gasteiger partial charge in [0.05, 0.1) is 35.9 Å². The second-order valence-corrected chi connectivity index (χ2v) is 6.36. The maximum absolute atomic E-state index is 12.1. The lowest BCUT2D eigenvalue weighted by Crippen LogP contribution is -2.31. The Labute approximate surface area is 167 Å². The van der Waals surface area contributed by atoms with Crippen molar-refractivity contribution in [2.75, 3.05) is 20.8 Å². The van der Waals surface area contributed by atoms with E-state index in [2.05, 4.69) is 5.32 Å². The van der Waals surface area contributed by atoms with Crippen molar-refractivity contribution in [3.63, 3.8) is 0 Å². The highest BCUT2D eigenvalue weighted by Gasteiger charge is 2.18. The molecular weight excluding hydrogens is 393 g/mol. The van der Waals surface area contributed by atoms with Gasteiger partial charge in [0.1, 0.15) is 11.5 Å². The molecule has 144 valence electrons. The first kappa shape index (κ1) is 20.9. The van der Waals surface area contributed by atoms with Gasteiger partial charge < -0.3 is 19.5 Å². The standard InChI is InChI=1S/C19H19Cl2NO5/c1-11(14-9-12(25-2)7-8-16(14)26-3)22-17(23)10-27-19(24)13-5-4-6-15(20)18(13)21/h4-9,11H,10H2,1-3H3,(H,22,23). The Hall–Kier alpha value is -2.44. The Morgan fingerprint density at radius 2 is 1.85 bits per heavy atom. The van der Waals surface area contributed by atoms with Gasteiger partial charge in [0.2, 0.25) is 0 Å². The lowest BCUT2D eigenvalue weighted by molar-refractivity contribution is -0.124. The van der Waals surface area contributed by atoms with Crippen LogP contribution < -0.4 is 14.8 Å². The van der Waals surface area contributed by atoms with E-state index in [0.29, 0.717) is 11.5 Å². The minimum atomic E-state index is -0.732. The third-order valence-corrected chi connectivity index (χ3v) is 4.61. The highest BCUT2D eigenvalue weighted by Crippen LogP contribution is 2.29. The zero-order valence-corrected chi connectivity index (χ0v) is 16.6. The first-order valence-electron chi connectivity index (χ1n) is 7.99. The number of carbonyl (C=O) groups is 2. The third-order valence-electron chi connectivity index (χ3n) is 3.79. The van der Waals surface area contributed by atoms with Crippen LogP contribution in [0, 0.1) is 0 Å². The van der Waals surface area contributed by atoms with Crippen LogP contribution in [-0.4, -0.2) is 32.7 Å². The molecule has 2 aromatic rings. The summed E-state index contributed by atoms with van der Waals surface area (Å²) in [6.07, 6.45) is 0. The van der Waals surface area contributed by atoms with Crippen molar-refractivity contribution in [3.05, 3.63) is 57.6 Å². The van der Waals surface area contributed by atoms with Crippen LogP contribution in [0.1, 0.15) is 28.9 Å². The molecule has 2 rings (SSSR count). The number of rotatable bonds is 7. The number of carbonyl (C=O) groups excluding carboxylic acids is 2. The molecule has 1 unspecified atom stereocenters. The van der Waals surface area contributed by atoms with Gasteiger partial charge in [-0.2, -0.15) is 0 Å². The van der Waals surface area contributed by atoms with Crippen LogP contribution in [0.25, 0.3) is 0 Å². The van der Waals surface area contributed by atoms with Crippen molar-refractivity contribution in [1.82, 2.24) is 5.32 Å². The molecule has 0 aromatic heterocycles. The van der Waals surface area contributed by atoms with Crippen LogP contribution in [0.15, 0.2) is 36.4 Å². The molecule has 0 saturated heterocycles. The fourth-order valence-corrected chi connectivity index (χ4v) is 2.79. The highest BCUT2D eigenvalue weighted by atomic mass is 35.5. The van der Waals surface area contributed by atoms with Gasteiger partial charge in [0, 0.05) is 5.56 Å². The smallest absolute Gasteiger partial charge is 0.340 e. The predicted molar refractivity (Wildman–Crippen MR) is 103 cm³/mol. The van der Waals surface area contributed by atoms with Crippen molar-refractivity contribution in [1.29, 1.82) is 0 Å². The van der Waals surface area contributed by atoms with Gasteiger partial charge >= 0.3 is 5.97 Å². The predicted octanol–water partition coefficient (Wildman–Crippen LogP) is 4.04. The third kappa shape index (κ3) is 5.28. The van der Waals surface area contributed by atoms with Gasteiger partial charge in [0.15, 0.2) is 6.61 Å². The Morgan fingerprint density at radius 1 is 1.11 bits per heavy atom. The summed E-state index contributed by atoms with van der Waals surface area (Å²) in [6, 6.07) is 9.47. The molecule has 0 heterocycles. The number of hydrogen-bond donors (Lipinski definition) is 1. The molecule has 0 radical (unpaired) electrons. The summed E-state index contributed by atoms with van der Waals surface area (Å²) in [6.45, 7) is 1.32. The minimum Gasteiger partial charge on any atom is -0.497 e. The minimum absolute atomic E-state index is 0.0825. The molecule has 0 spiro atoms. The van der Waals surface area contributed by atoms with Crippen LogP contribution in [0.5, 0.6) is 11.5 Å². The van der Waals surface area contributed by atoms with Gasteiger partial charge in [-0.15, -0.1) is 0 Å². The monoisotopic (exact) mass is 411 g/mol. The topological polar surface area (TPSA) is 73.9 Å². The fraction of sp³-hybridized carbons (Fsp3) is 0.263. The van der Waals surface area contributed by atoms with Crippen LogP contribution in [0.3, 0.4) is 0 Å². The van der Waals surface area contributed by atoms with E-state index >= 15 is 0 Å². The number of hydrogen-bond acceptors (Lipinski definition) is 5. The molecule has 0 aliphatic rings. The van der Waals surface area contributed by atoms with E-state index in [0.717, 1.165) is 5.56 Å². The van der Waals surface area contributed by atoms with Gasteiger partial charge in [-0.05, 0) is 37.3 Å². The lowest BCUT2D eigenvalue weighted by atomic mass is 10.1. The quantitative estimate of drug-likeness (QED) is 0.695. The molecule has 27 heavy (non-hydrogen) atoms. The van der Waals surface area contributed by atoms with Crippen LogP contribution in [0.2, 0.25) is 10.0 Å². The summed E-state index contributed by atoms with van der Waals surface area (Å²) in [5.41, 5.74) is 0.828. The van der Waals surface area contributed by atoms with E-state index in [4.69, 9.17) is 37.4 Å². The van der Waals surface area contributed by atoms with E-state index < -0.39 is 24.5 Å². The number of ether oxygens (including phenoxy) is 3. The van der Waals surface area contributed by atoms with Crippen LogP contribution >= 0.6 is 23.2 Å². The molecular formula is C19H19Cl2NO5. The highest BCUT2D eigenvalue weighted by molar-refractivity contribution is 6.43. The average Bonchev–Trinajstić information content (AvgIpc) is 2.67. The lowest BCUT2D eigenvalue weighted by Gasteiger charge is -2.18. The summed E-state index contributed by atoms with van der Waals surface area (Å²) in [5, 5.41) is 3.06. The zero-order valence-electron chi connectivity index (χ0n) is 15.0. The first-order valence-corrected chi connectivity index (χ1v) is 8.75. The summed E-state index contributed by atoms with van der Waals surface area (Å²) in [4.78, 5) is 24.2. The normalized spacial score (nSPS) is 11.4. The average molecular weight is 412 g/mol. The largest absolute Gasteiger partial charge is 0.497 e. The Morgan fingerprint density at radius 3 is 2.52 bits per heavy atom. The van der Waals surface area contributed by atoms with Crippen molar-refractivity contribution < 1.29 is 23.8 Å². The van der Waals surface area contributed by atoms with E-state index in [-0.39, 0.29) is 15.6 Å². The van der Waals surface area contributed by atoms with Gasteiger partial charge in [-0.1, -0.05) is 29.3 Å². The van der Waals surface area contributed by atoms with Gasteiger partial charge in [0.25, 0.3) is 5.91 Å². The van der Waals surface area contributed by atoms with E-state index in [1.54, 1.807) is 44.4 Å². The molecule has 0 aliphatic heterocycles. The number of nitrogens with one attached hydrogen (secondary N) is 1. The summed E-state index contributed by atoms with van der Waals surface area (Å²) < 4.78 is 15.5. The van der Waals surface area contributed by atoms with E-state index in [9.17, 15) is 9.59 Å². The SMILES string of the molecule is COc1ccc(OC)c(C(C)NC(=O)COC(=O)c2cccc(Cl)c2Cl)c1. The van der Waals surface area contributed by atoms with Crippen LogP contribution in [-0.2, 0) is 9.53 Å². The second-order valence-electron chi connectivity index (χ2n) is 5.57. The molecule has 1 N–H and O–H groups in total. The molecule has 1 amide bonds. The van der Waals surface area contributed by atoms with Crippen molar-refractivity contribution in [2.45, 2.75) is 13.0 Å². The molecule has 2 aromatic carbocycles. The van der Waals surface area contributed by atoms with E-state index in [1.165, 1.54) is 13.2 Å². The fourth-order valence-electron chi connectivity index (χ4n) is 2.41. The number of esters is 1. The second kappa shape index (κ2) is 9.48. The van der Waals surface area contributed by atoms with Gasteiger partial charge in [-0.25, -0.2) is 4.79 Å². The maximum atomic E-state index is 12.1. The number of benzene rings is 2. The summed E-state index contributed by atoms with van der Waals surface area (Å²) in [5.74, 6) is 0.0309. The summed E-state index contributed by atoms with van der Waals surface area (Å²) in [7, 11) is 3.09.